The average molecular weight is 282 g/mol. The first kappa shape index (κ1) is 14.1. The van der Waals surface area contributed by atoms with Gasteiger partial charge in [-0.2, -0.15) is 5.26 Å². The number of likely N-dealkylation sites (N-methyl/N-ethyl adjacent to an activating group) is 1. The van der Waals surface area contributed by atoms with Crippen molar-refractivity contribution in [3.63, 3.8) is 0 Å². The fourth-order valence-corrected chi connectivity index (χ4v) is 4.23. The maximum atomic E-state index is 12.8. The van der Waals surface area contributed by atoms with Crippen LogP contribution in [0.5, 0.6) is 0 Å². The van der Waals surface area contributed by atoms with Crippen molar-refractivity contribution in [2.24, 2.45) is 5.41 Å². The molecule has 1 unspecified atom stereocenters. The van der Waals surface area contributed by atoms with Crippen LogP contribution in [-0.2, 0) is 10.2 Å². The third kappa shape index (κ3) is 2.05. The maximum Gasteiger partial charge on any atom is 0.237 e. The van der Waals surface area contributed by atoms with Crippen LogP contribution in [-0.4, -0.2) is 13.0 Å². The lowest BCUT2D eigenvalue weighted by molar-refractivity contribution is -0.123. The van der Waals surface area contributed by atoms with Crippen molar-refractivity contribution in [1.82, 2.24) is 0 Å². The zero-order valence-electron chi connectivity index (χ0n) is 12.9. The second-order valence-corrected chi connectivity index (χ2v) is 6.84. The first-order valence-corrected chi connectivity index (χ1v) is 7.81. The van der Waals surface area contributed by atoms with E-state index in [0.29, 0.717) is 6.42 Å². The predicted molar refractivity (Wildman–Crippen MR) is 83.0 cm³/mol. The summed E-state index contributed by atoms with van der Waals surface area (Å²) < 4.78 is 0. The molecule has 2 aliphatic rings. The van der Waals surface area contributed by atoms with E-state index in [-0.39, 0.29) is 11.3 Å². The third-order valence-corrected chi connectivity index (χ3v) is 5.38. The third-order valence-electron chi connectivity index (χ3n) is 5.38. The molecule has 1 atom stereocenters. The molecule has 0 spiro atoms. The van der Waals surface area contributed by atoms with E-state index >= 15 is 0 Å². The SMILES string of the molecule is CN1C(=O)C(C)(CC2(C#N)CCCCC2)c2ccccc21. The quantitative estimate of drug-likeness (QED) is 0.828. The predicted octanol–water partition coefficient (Wildman–Crippen LogP) is 3.78. The van der Waals surface area contributed by atoms with E-state index in [1.54, 1.807) is 4.90 Å². The van der Waals surface area contributed by atoms with Crippen LogP contribution < -0.4 is 4.90 Å². The summed E-state index contributed by atoms with van der Waals surface area (Å²) in [5.41, 5.74) is 1.19. The van der Waals surface area contributed by atoms with Gasteiger partial charge in [0.25, 0.3) is 0 Å². The molecule has 1 amide bonds. The van der Waals surface area contributed by atoms with Crippen LogP contribution in [0.15, 0.2) is 24.3 Å². The minimum atomic E-state index is -0.557. The molecule has 1 saturated carbocycles. The second-order valence-electron chi connectivity index (χ2n) is 6.84. The molecule has 0 saturated heterocycles. The van der Waals surface area contributed by atoms with Crippen molar-refractivity contribution in [2.75, 3.05) is 11.9 Å². The van der Waals surface area contributed by atoms with Gasteiger partial charge in [0, 0.05) is 12.7 Å². The monoisotopic (exact) mass is 282 g/mol. The van der Waals surface area contributed by atoms with E-state index in [2.05, 4.69) is 6.07 Å². The van der Waals surface area contributed by atoms with Gasteiger partial charge in [0.05, 0.1) is 16.9 Å². The number of nitrogens with zero attached hydrogens (tertiary/aromatic N) is 2. The summed E-state index contributed by atoms with van der Waals surface area (Å²) in [6.07, 6.45) is 5.93. The first-order valence-electron chi connectivity index (χ1n) is 7.81. The maximum absolute atomic E-state index is 12.8. The molecule has 1 heterocycles. The molecule has 3 rings (SSSR count). The van der Waals surface area contributed by atoms with E-state index in [1.807, 2.05) is 38.2 Å². The van der Waals surface area contributed by atoms with Gasteiger partial charge in [-0.05, 0) is 37.8 Å². The van der Waals surface area contributed by atoms with E-state index in [0.717, 1.165) is 36.9 Å². The normalized spacial score (nSPS) is 27.3. The van der Waals surface area contributed by atoms with Gasteiger partial charge in [-0.3, -0.25) is 4.79 Å². The highest BCUT2D eigenvalue weighted by molar-refractivity contribution is 6.07. The zero-order chi connectivity index (χ0) is 15.1. The molecule has 3 heteroatoms. The van der Waals surface area contributed by atoms with Crippen LogP contribution in [0.4, 0.5) is 5.69 Å². The number of hydrogen-bond donors (Lipinski definition) is 0. The molecule has 21 heavy (non-hydrogen) atoms. The van der Waals surface area contributed by atoms with Gasteiger partial charge in [0.2, 0.25) is 5.91 Å². The summed E-state index contributed by atoms with van der Waals surface area (Å²) in [6, 6.07) is 10.6. The Bertz CT molecular complexity index is 610. The Balaban J connectivity index is 2.01. The van der Waals surface area contributed by atoms with E-state index < -0.39 is 5.41 Å². The fraction of sp³-hybridized carbons (Fsp3) is 0.556. The Labute approximate surface area is 126 Å². The number of benzene rings is 1. The Morgan fingerprint density at radius 1 is 1.24 bits per heavy atom. The zero-order valence-corrected chi connectivity index (χ0v) is 12.9. The number of amides is 1. The molecule has 0 N–H and O–H groups in total. The minimum absolute atomic E-state index is 0.129. The molecule has 1 aliphatic carbocycles. The number of nitriles is 1. The Kier molecular flexibility index (Phi) is 3.28. The number of carbonyl (C=O) groups excluding carboxylic acids is 1. The Morgan fingerprint density at radius 3 is 2.57 bits per heavy atom. The summed E-state index contributed by atoms with van der Waals surface area (Å²) >= 11 is 0. The summed E-state index contributed by atoms with van der Waals surface area (Å²) in [7, 11) is 1.84. The van der Waals surface area contributed by atoms with Crippen molar-refractivity contribution in [3.8, 4) is 6.07 Å². The van der Waals surface area contributed by atoms with E-state index in [9.17, 15) is 10.1 Å². The standard InChI is InChI=1S/C18H22N2O/c1-17(12-18(13-19)10-6-3-7-11-18)14-8-4-5-9-15(14)20(2)16(17)21/h4-5,8-9H,3,6-7,10-12H2,1-2H3. The van der Waals surface area contributed by atoms with Crippen LogP contribution in [0.25, 0.3) is 0 Å². The van der Waals surface area contributed by atoms with Gasteiger partial charge in [0.15, 0.2) is 0 Å². The van der Waals surface area contributed by atoms with Crippen molar-refractivity contribution in [1.29, 1.82) is 5.26 Å². The first-order chi connectivity index (χ1) is 10.0. The van der Waals surface area contributed by atoms with Crippen LogP contribution in [0.3, 0.4) is 0 Å². The molecule has 1 aliphatic heterocycles. The van der Waals surface area contributed by atoms with Crippen LogP contribution in [0.1, 0.15) is 51.0 Å². The summed E-state index contributed by atoms with van der Waals surface area (Å²) in [5.74, 6) is 0.129. The molecule has 0 radical (unpaired) electrons. The number of carbonyl (C=O) groups is 1. The van der Waals surface area contributed by atoms with Crippen molar-refractivity contribution >= 4 is 11.6 Å². The van der Waals surface area contributed by atoms with E-state index in [4.69, 9.17) is 0 Å². The van der Waals surface area contributed by atoms with Gasteiger partial charge in [-0.15, -0.1) is 0 Å². The van der Waals surface area contributed by atoms with Crippen molar-refractivity contribution in [3.05, 3.63) is 29.8 Å². The van der Waals surface area contributed by atoms with Crippen molar-refractivity contribution < 1.29 is 4.79 Å². The summed E-state index contributed by atoms with van der Waals surface area (Å²) in [6.45, 7) is 2.02. The van der Waals surface area contributed by atoms with Crippen molar-refractivity contribution in [2.45, 2.75) is 50.9 Å². The lowest BCUT2D eigenvalue weighted by Crippen LogP contribution is -2.41. The molecule has 1 aromatic rings. The molecule has 3 nitrogen and oxygen atoms in total. The largest absolute Gasteiger partial charge is 0.314 e. The summed E-state index contributed by atoms with van der Waals surface area (Å²) in [4.78, 5) is 14.6. The van der Waals surface area contributed by atoms with Gasteiger partial charge in [0.1, 0.15) is 0 Å². The Hall–Kier alpha value is -1.82. The van der Waals surface area contributed by atoms with Gasteiger partial charge in [-0.1, -0.05) is 37.5 Å². The lowest BCUT2D eigenvalue weighted by Gasteiger charge is -2.37. The highest BCUT2D eigenvalue weighted by Crippen LogP contribution is 2.51. The second kappa shape index (κ2) is 4.87. The number of anilines is 1. The number of para-hydroxylation sites is 1. The number of rotatable bonds is 2. The molecule has 110 valence electrons. The number of hydrogen-bond acceptors (Lipinski definition) is 2. The molecule has 0 aromatic heterocycles. The molecule has 1 aromatic carbocycles. The molecule has 0 bridgehead atoms. The van der Waals surface area contributed by atoms with E-state index in [1.165, 1.54) is 6.42 Å². The van der Waals surface area contributed by atoms with Crippen LogP contribution in [0.2, 0.25) is 0 Å². The summed E-state index contributed by atoms with van der Waals surface area (Å²) in [5, 5.41) is 9.74. The lowest BCUT2D eigenvalue weighted by atomic mass is 9.64. The smallest absolute Gasteiger partial charge is 0.237 e. The average Bonchev–Trinajstić information content (AvgIpc) is 2.71. The fourth-order valence-electron chi connectivity index (χ4n) is 4.23. The topological polar surface area (TPSA) is 44.1 Å². The van der Waals surface area contributed by atoms with Gasteiger partial charge in [-0.25, -0.2) is 0 Å². The van der Waals surface area contributed by atoms with Gasteiger partial charge < -0.3 is 4.90 Å². The molecular weight excluding hydrogens is 260 g/mol. The van der Waals surface area contributed by atoms with Crippen LogP contribution in [0, 0.1) is 16.7 Å². The Morgan fingerprint density at radius 2 is 1.90 bits per heavy atom. The highest BCUT2D eigenvalue weighted by Gasteiger charge is 2.50. The molecule has 1 fully saturated rings. The highest BCUT2D eigenvalue weighted by atomic mass is 16.2. The minimum Gasteiger partial charge on any atom is -0.314 e. The number of fused-ring (bicyclic) bond motifs is 1. The van der Waals surface area contributed by atoms with Gasteiger partial charge >= 0.3 is 0 Å². The van der Waals surface area contributed by atoms with Crippen LogP contribution >= 0.6 is 0 Å². The molecular formula is C18H22N2O.